The highest BCUT2D eigenvalue weighted by molar-refractivity contribution is 6.12. The highest BCUT2D eigenvalue weighted by Gasteiger charge is 2.24. The van der Waals surface area contributed by atoms with Crippen LogP contribution in [0.15, 0.2) is 78.9 Å². The summed E-state index contributed by atoms with van der Waals surface area (Å²) in [6.45, 7) is 3.77. The maximum Gasteiger partial charge on any atom is 0.282 e. The van der Waals surface area contributed by atoms with Gasteiger partial charge in [-0.15, -0.1) is 0 Å². The van der Waals surface area contributed by atoms with Crippen LogP contribution in [0, 0.1) is 29.8 Å². The van der Waals surface area contributed by atoms with Crippen LogP contribution < -0.4 is 14.8 Å². The molecule has 4 aromatic rings. The van der Waals surface area contributed by atoms with Gasteiger partial charge in [-0.3, -0.25) is 14.9 Å². The molecule has 0 saturated heterocycles. The summed E-state index contributed by atoms with van der Waals surface area (Å²) in [6, 6.07) is 21.0. The van der Waals surface area contributed by atoms with E-state index in [0.29, 0.717) is 33.8 Å². The molecule has 0 fully saturated rings. The molecule has 0 aromatic heterocycles. The van der Waals surface area contributed by atoms with Crippen molar-refractivity contribution < 1.29 is 23.6 Å². The summed E-state index contributed by atoms with van der Waals surface area (Å²) >= 11 is 0. The smallest absolute Gasteiger partial charge is 0.282 e. The lowest BCUT2D eigenvalue weighted by Crippen LogP contribution is -2.08. The second kappa shape index (κ2) is 10.9. The first-order chi connectivity index (χ1) is 17.7. The minimum atomic E-state index is -0.588. The van der Waals surface area contributed by atoms with Crippen LogP contribution in [0.5, 0.6) is 11.5 Å². The molecule has 1 N–H and O–H groups in total. The van der Waals surface area contributed by atoms with Gasteiger partial charge in [0.1, 0.15) is 29.5 Å². The Hall–Kier alpha value is -4.72. The summed E-state index contributed by atoms with van der Waals surface area (Å²) in [4.78, 5) is 24.7. The lowest BCUT2D eigenvalue weighted by Gasteiger charge is -2.12. The number of carbonyl (C=O) groups is 1. The van der Waals surface area contributed by atoms with Gasteiger partial charge in [0.25, 0.3) is 5.69 Å². The molecule has 0 aliphatic carbocycles. The molecule has 8 heteroatoms. The van der Waals surface area contributed by atoms with Crippen molar-refractivity contribution in [1.29, 1.82) is 0 Å². The summed E-state index contributed by atoms with van der Waals surface area (Å²) in [6.07, 6.45) is 0. The number of halogens is 1. The number of nitro benzene ring substituents is 1. The van der Waals surface area contributed by atoms with Gasteiger partial charge in [0.05, 0.1) is 12.0 Å². The van der Waals surface area contributed by atoms with E-state index in [1.165, 1.54) is 24.3 Å². The number of ketones is 1. The van der Waals surface area contributed by atoms with Crippen LogP contribution in [0.25, 0.3) is 0 Å². The first kappa shape index (κ1) is 25.4. The third kappa shape index (κ3) is 5.92. The zero-order valence-corrected chi connectivity index (χ0v) is 20.6. The quantitative estimate of drug-likeness (QED) is 0.153. The van der Waals surface area contributed by atoms with Crippen LogP contribution in [-0.2, 0) is 6.61 Å². The van der Waals surface area contributed by atoms with E-state index in [4.69, 9.17) is 9.47 Å². The fourth-order valence-electron chi connectivity index (χ4n) is 3.84. The molecule has 0 radical (unpaired) electrons. The highest BCUT2D eigenvalue weighted by atomic mass is 19.1. The predicted octanol–water partition coefficient (Wildman–Crippen LogP) is 6.91. The number of nitro groups is 1. The number of hydrogen-bond acceptors (Lipinski definition) is 6. The number of rotatable bonds is 9. The number of ether oxygens (including phenoxy) is 2. The van der Waals surface area contributed by atoms with Crippen LogP contribution in [0.1, 0.15) is 32.6 Å². The second-order valence-corrected chi connectivity index (χ2v) is 8.52. The van der Waals surface area contributed by atoms with Gasteiger partial charge in [-0.1, -0.05) is 18.2 Å². The zero-order chi connectivity index (χ0) is 26.5. The van der Waals surface area contributed by atoms with E-state index in [0.717, 1.165) is 11.3 Å². The van der Waals surface area contributed by atoms with Crippen molar-refractivity contribution in [3.63, 3.8) is 0 Å². The van der Waals surface area contributed by atoms with Gasteiger partial charge in [-0.2, -0.15) is 0 Å². The number of anilines is 2. The summed E-state index contributed by atoms with van der Waals surface area (Å²) in [5, 5.41) is 14.9. The molecule has 0 aliphatic rings. The maximum atomic E-state index is 13.4. The molecule has 188 valence electrons. The topological polar surface area (TPSA) is 90.7 Å². The van der Waals surface area contributed by atoms with Crippen molar-refractivity contribution in [2.45, 2.75) is 20.5 Å². The number of hydrogen-bond donors (Lipinski definition) is 1. The fourth-order valence-corrected chi connectivity index (χ4v) is 3.84. The normalized spacial score (nSPS) is 10.6. The average Bonchev–Trinajstić information content (AvgIpc) is 2.89. The van der Waals surface area contributed by atoms with Gasteiger partial charge in [-0.05, 0) is 85.1 Å². The Labute approximate surface area is 213 Å². The second-order valence-electron chi connectivity index (χ2n) is 8.52. The molecule has 0 bridgehead atoms. The molecular formula is C29H25FN2O5. The first-order valence-electron chi connectivity index (χ1n) is 11.5. The predicted molar refractivity (Wildman–Crippen MR) is 139 cm³/mol. The van der Waals surface area contributed by atoms with E-state index < -0.39 is 10.7 Å². The summed E-state index contributed by atoms with van der Waals surface area (Å²) < 4.78 is 24.4. The first-order valence-corrected chi connectivity index (χ1v) is 11.5. The van der Waals surface area contributed by atoms with Crippen LogP contribution >= 0.6 is 0 Å². The zero-order valence-electron chi connectivity index (χ0n) is 20.6. The van der Waals surface area contributed by atoms with Crippen molar-refractivity contribution in [2.24, 2.45) is 0 Å². The van der Waals surface area contributed by atoms with Crippen LogP contribution in [-0.4, -0.2) is 17.8 Å². The summed E-state index contributed by atoms with van der Waals surface area (Å²) in [7, 11) is 1.59. The monoisotopic (exact) mass is 500 g/mol. The van der Waals surface area contributed by atoms with Crippen molar-refractivity contribution >= 4 is 22.8 Å². The Morgan fingerprint density at radius 2 is 1.62 bits per heavy atom. The molecule has 0 spiro atoms. The number of methoxy groups -OCH3 is 1. The van der Waals surface area contributed by atoms with E-state index in [1.54, 1.807) is 51.3 Å². The Morgan fingerprint density at radius 1 is 0.892 bits per heavy atom. The highest BCUT2D eigenvalue weighted by Crippen LogP contribution is 2.30. The lowest BCUT2D eigenvalue weighted by atomic mass is 9.97. The maximum absolute atomic E-state index is 13.4. The fraction of sp³-hybridized carbons (Fsp3) is 0.138. The molecule has 4 rings (SSSR count). The molecule has 4 aromatic carbocycles. The van der Waals surface area contributed by atoms with Crippen LogP contribution in [0.4, 0.5) is 21.5 Å². The van der Waals surface area contributed by atoms with Gasteiger partial charge in [0, 0.05) is 23.0 Å². The van der Waals surface area contributed by atoms with E-state index in [-0.39, 0.29) is 23.7 Å². The SMILES string of the molecule is COc1ccc(COc2ccc(C)c(C(=O)c3ccc(Nc4ccc(F)cc4C)cc3[N+](=O)[O-])c2)cc1. The Morgan fingerprint density at radius 3 is 2.30 bits per heavy atom. The van der Waals surface area contributed by atoms with Gasteiger partial charge < -0.3 is 14.8 Å². The number of nitrogens with one attached hydrogen (secondary N) is 1. The third-order valence-corrected chi connectivity index (χ3v) is 5.92. The van der Waals surface area contributed by atoms with Crippen molar-refractivity contribution in [3.8, 4) is 11.5 Å². The van der Waals surface area contributed by atoms with Gasteiger partial charge in [0.2, 0.25) is 0 Å². The van der Waals surface area contributed by atoms with Gasteiger partial charge in [0.15, 0.2) is 5.78 Å². The molecule has 0 amide bonds. The van der Waals surface area contributed by atoms with Crippen molar-refractivity contribution in [1.82, 2.24) is 0 Å². The molecule has 37 heavy (non-hydrogen) atoms. The molecule has 7 nitrogen and oxygen atoms in total. The number of aryl methyl sites for hydroxylation is 2. The summed E-state index contributed by atoms with van der Waals surface area (Å²) in [5.41, 5.74) is 3.18. The largest absolute Gasteiger partial charge is 0.497 e. The van der Waals surface area contributed by atoms with Crippen molar-refractivity contribution in [2.75, 3.05) is 12.4 Å². The molecule has 0 heterocycles. The Balaban J connectivity index is 1.58. The van der Waals surface area contributed by atoms with Gasteiger partial charge >= 0.3 is 0 Å². The summed E-state index contributed by atoms with van der Waals surface area (Å²) in [5.74, 6) is 0.351. The minimum absolute atomic E-state index is 0.0400. The van der Waals surface area contributed by atoms with E-state index in [1.807, 2.05) is 24.3 Å². The molecular weight excluding hydrogens is 475 g/mol. The standard InChI is InChI=1S/C29H25FN2O5/c1-18-4-9-24(37-17-20-5-10-23(36-3)11-6-20)16-26(18)29(33)25-12-8-22(15-28(25)32(34)35)31-27-13-7-21(30)14-19(27)2/h4-16,31H,17H2,1-3H3. The van der Waals surface area contributed by atoms with Gasteiger partial charge in [-0.25, -0.2) is 4.39 Å². The molecule has 0 saturated carbocycles. The van der Waals surface area contributed by atoms with Crippen LogP contribution in [0.2, 0.25) is 0 Å². The average molecular weight is 501 g/mol. The molecule has 0 aliphatic heterocycles. The number of benzene rings is 4. The van der Waals surface area contributed by atoms with E-state index >= 15 is 0 Å². The van der Waals surface area contributed by atoms with E-state index in [9.17, 15) is 19.3 Å². The number of carbonyl (C=O) groups excluding carboxylic acids is 1. The van der Waals surface area contributed by atoms with E-state index in [2.05, 4.69) is 5.32 Å². The molecule has 0 atom stereocenters. The van der Waals surface area contributed by atoms with Crippen LogP contribution in [0.3, 0.4) is 0 Å². The Kier molecular flexibility index (Phi) is 7.48. The lowest BCUT2D eigenvalue weighted by molar-refractivity contribution is -0.385. The molecule has 0 unspecified atom stereocenters. The Bertz CT molecular complexity index is 1470. The third-order valence-electron chi connectivity index (χ3n) is 5.92. The van der Waals surface area contributed by atoms with Crippen molar-refractivity contribution in [3.05, 3.63) is 123 Å². The number of nitrogens with zero attached hydrogens (tertiary/aromatic N) is 1. The minimum Gasteiger partial charge on any atom is -0.497 e.